The number of unbranched alkanes of at least 4 members (excludes halogenated alkanes) is 4. The molecule has 2 nitrogen and oxygen atoms in total. The molecule has 0 amide bonds. The summed E-state index contributed by atoms with van der Waals surface area (Å²) in [6.45, 7) is 7.28. The smallest absolute Gasteiger partial charge is 0.182 e. The van der Waals surface area contributed by atoms with Crippen LogP contribution in [0.1, 0.15) is 58.4 Å². The normalized spacial score (nSPS) is 21.7. The number of hydrogen-bond acceptors (Lipinski definition) is 2. The number of anilines is 1. The zero-order valence-corrected chi connectivity index (χ0v) is 14.6. The zero-order valence-electron chi connectivity index (χ0n) is 14.6. The summed E-state index contributed by atoms with van der Waals surface area (Å²) in [5, 5.41) is 0. The quantitative estimate of drug-likeness (QED) is 0.647. The van der Waals surface area contributed by atoms with Gasteiger partial charge in [0.05, 0.1) is 17.9 Å². The fourth-order valence-corrected chi connectivity index (χ4v) is 3.31. The molecule has 0 unspecified atom stereocenters. The van der Waals surface area contributed by atoms with E-state index in [-0.39, 0.29) is 12.2 Å². The summed E-state index contributed by atoms with van der Waals surface area (Å²) in [7, 11) is 0. The zero-order chi connectivity index (χ0) is 16.8. The molecular formula is C19H29F2NO. The van der Waals surface area contributed by atoms with Gasteiger partial charge in [0.25, 0.3) is 0 Å². The number of halogens is 2. The van der Waals surface area contributed by atoms with E-state index in [4.69, 9.17) is 4.74 Å². The van der Waals surface area contributed by atoms with Crippen LogP contribution in [0.2, 0.25) is 0 Å². The Morgan fingerprint density at radius 2 is 1.65 bits per heavy atom. The van der Waals surface area contributed by atoms with Gasteiger partial charge in [-0.2, -0.15) is 0 Å². The van der Waals surface area contributed by atoms with E-state index in [0.717, 1.165) is 12.8 Å². The lowest BCUT2D eigenvalue weighted by Gasteiger charge is -2.37. The van der Waals surface area contributed by atoms with Gasteiger partial charge in [-0.15, -0.1) is 0 Å². The molecule has 1 aromatic rings. The minimum absolute atomic E-state index is 0.0273. The molecule has 130 valence electrons. The summed E-state index contributed by atoms with van der Waals surface area (Å²) >= 11 is 0. The first-order chi connectivity index (χ1) is 11.0. The van der Waals surface area contributed by atoms with E-state index in [1.54, 1.807) is 12.1 Å². The average molecular weight is 325 g/mol. The first-order valence-electron chi connectivity index (χ1n) is 8.90. The molecule has 0 spiro atoms. The highest BCUT2D eigenvalue weighted by Gasteiger charge is 2.26. The van der Waals surface area contributed by atoms with Gasteiger partial charge in [0, 0.05) is 13.1 Å². The Labute approximate surface area is 138 Å². The highest BCUT2D eigenvalue weighted by atomic mass is 19.2. The molecule has 0 aliphatic carbocycles. The average Bonchev–Trinajstić information content (AvgIpc) is 2.50. The van der Waals surface area contributed by atoms with Crippen LogP contribution >= 0.6 is 0 Å². The molecule has 0 saturated carbocycles. The summed E-state index contributed by atoms with van der Waals surface area (Å²) in [4.78, 5) is 1.89. The first-order valence-corrected chi connectivity index (χ1v) is 8.90. The second kappa shape index (κ2) is 8.62. The Balaban J connectivity index is 2.02. The molecule has 2 rings (SSSR count). The minimum Gasteiger partial charge on any atom is -0.372 e. The van der Waals surface area contributed by atoms with E-state index in [0.29, 0.717) is 30.8 Å². The van der Waals surface area contributed by atoms with Crippen molar-refractivity contribution in [2.45, 2.75) is 71.5 Å². The van der Waals surface area contributed by atoms with Gasteiger partial charge in [-0.3, -0.25) is 0 Å². The predicted molar refractivity (Wildman–Crippen MR) is 91.0 cm³/mol. The molecule has 4 heteroatoms. The highest BCUT2D eigenvalue weighted by Crippen LogP contribution is 2.27. The number of ether oxygens (including phenoxy) is 1. The molecule has 1 fully saturated rings. The molecular weight excluding hydrogens is 296 g/mol. The fourth-order valence-electron chi connectivity index (χ4n) is 3.31. The van der Waals surface area contributed by atoms with Crippen molar-refractivity contribution in [3.05, 3.63) is 29.3 Å². The van der Waals surface area contributed by atoms with Crippen LogP contribution in [-0.2, 0) is 11.2 Å². The van der Waals surface area contributed by atoms with Crippen LogP contribution in [0, 0.1) is 11.6 Å². The van der Waals surface area contributed by atoms with Crippen LogP contribution in [0.5, 0.6) is 0 Å². The van der Waals surface area contributed by atoms with Crippen molar-refractivity contribution in [3.8, 4) is 0 Å². The fraction of sp³-hybridized carbons (Fsp3) is 0.684. The van der Waals surface area contributed by atoms with Crippen LogP contribution in [0.4, 0.5) is 14.5 Å². The summed E-state index contributed by atoms with van der Waals surface area (Å²) in [5.74, 6) is -1.39. The van der Waals surface area contributed by atoms with Crippen molar-refractivity contribution >= 4 is 5.69 Å². The number of aryl methyl sites for hydroxylation is 1. The first kappa shape index (κ1) is 18.2. The lowest BCUT2D eigenvalue weighted by Crippen LogP contribution is -2.45. The van der Waals surface area contributed by atoms with Gasteiger partial charge in [0.15, 0.2) is 11.6 Å². The number of nitrogens with zero attached hydrogens (tertiary/aromatic N) is 1. The van der Waals surface area contributed by atoms with Gasteiger partial charge in [-0.25, -0.2) is 8.78 Å². The SMILES string of the molecule is CCCCCCCc1ccc(N2C[C@@H](C)O[C@@H](C)C2)c(F)c1F. The summed E-state index contributed by atoms with van der Waals surface area (Å²) < 4.78 is 34.5. The summed E-state index contributed by atoms with van der Waals surface area (Å²) in [5.41, 5.74) is 0.858. The Bertz CT molecular complexity index is 496. The second-order valence-electron chi connectivity index (χ2n) is 6.70. The van der Waals surface area contributed by atoms with Gasteiger partial charge in [0.1, 0.15) is 0 Å². The Hall–Kier alpha value is -1.16. The van der Waals surface area contributed by atoms with E-state index in [1.807, 2.05) is 18.7 Å². The van der Waals surface area contributed by atoms with Gasteiger partial charge in [-0.05, 0) is 38.3 Å². The maximum Gasteiger partial charge on any atom is 0.182 e. The van der Waals surface area contributed by atoms with Crippen molar-refractivity contribution in [2.75, 3.05) is 18.0 Å². The molecule has 2 atom stereocenters. The molecule has 1 heterocycles. The Kier molecular flexibility index (Phi) is 6.82. The maximum atomic E-state index is 14.5. The van der Waals surface area contributed by atoms with E-state index in [9.17, 15) is 8.78 Å². The standard InChI is InChI=1S/C19H29F2NO/c1-4-5-6-7-8-9-16-10-11-17(19(21)18(16)20)22-12-14(2)23-15(3)13-22/h10-11,14-15H,4-9,12-13H2,1-3H3/t14-,15+. The van der Waals surface area contributed by atoms with Crippen LogP contribution in [0.15, 0.2) is 12.1 Å². The molecule has 0 aromatic heterocycles. The molecule has 0 radical (unpaired) electrons. The van der Waals surface area contributed by atoms with E-state index >= 15 is 0 Å². The molecule has 1 aliphatic rings. The largest absolute Gasteiger partial charge is 0.372 e. The third-order valence-electron chi connectivity index (χ3n) is 4.45. The van der Waals surface area contributed by atoms with Crippen LogP contribution < -0.4 is 4.90 Å². The van der Waals surface area contributed by atoms with Crippen LogP contribution in [0.3, 0.4) is 0 Å². The highest BCUT2D eigenvalue weighted by molar-refractivity contribution is 5.50. The topological polar surface area (TPSA) is 12.5 Å². The lowest BCUT2D eigenvalue weighted by molar-refractivity contribution is -0.00543. The number of rotatable bonds is 7. The molecule has 1 aromatic carbocycles. The van der Waals surface area contributed by atoms with Crippen molar-refractivity contribution in [1.29, 1.82) is 0 Å². The molecule has 0 N–H and O–H groups in total. The van der Waals surface area contributed by atoms with E-state index in [1.165, 1.54) is 19.3 Å². The minimum atomic E-state index is -0.711. The number of hydrogen-bond donors (Lipinski definition) is 0. The number of morpholine rings is 1. The van der Waals surface area contributed by atoms with Crippen molar-refractivity contribution in [1.82, 2.24) is 0 Å². The molecule has 1 aliphatic heterocycles. The van der Waals surface area contributed by atoms with Crippen LogP contribution in [0.25, 0.3) is 0 Å². The monoisotopic (exact) mass is 325 g/mol. The molecule has 1 saturated heterocycles. The number of benzene rings is 1. The van der Waals surface area contributed by atoms with Gasteiger partial charge >= 0.3 is 0 Å². The van der Waals surface area contributed by atoms with E-state index < -0.39 is 11.6 Å². The molecule has 0 bridgehead atoms. The third kappa shape index (κ3) is 4.90. The molecule has 23 heavy (non-hydrogen) atoms. The van der Waals surface area contributed by atoms with Crippen molar-refractivity contribution in [3.63, 3.8) is 0 Å². The van der Waals surface area contributed by atoms with Crippen LogP contribution in [-0.4, -0.2) is 25.3 Å². The van der Waals surface area contributed by atoms with Gasteiger partial charge in [-0.1, -0.05) is 38.7 Å². The predicted octanol–water partition coefficient (Wildman–Crippen LogP) is 5.09. The van der Waals surface area contributed by atoms with Gasteiger partial charge < -0.3 is 9.64 Å². The third-order valence-corrected chi connectivity index (χ3v) is 4.45. The van der Waals surface area contributed by atoms with Crippen molar-refractivity contribution < 1.29 is 13.5 Å². The Morgan fingerprint density at radius 3 is 2.30 bits per heavy atom. The maximum absolute atomic E-state index is 14.5. The van der Waals surface area contributed by atoms with Gasteiger partial charge in [0.2, 0.25) is 0 Å². The second-order valence-corrected chi connectivity index (χ2v) is 6.70. The van der Waals surface area contributed by atoms with Crippen molar-refractivity contribution in [2.24, 2.45) is 0 Å². The Morgan fingerprint density at radius 1 is 1.00 bits per heavy atom. The lowest BCUT2D eigenvalue weighted by atomic mass is 10.0. The summed E-state index contributed by atoms with van der Waals surface area (Å²) in [6, 6.07) is 3.48. The summed E-state index contributed by atoms with van der Waals surface area (Å²) in [6.07, 6.45) is 6.23. The van der Waals surface area contributed by atoms with E-state index in [2.05, 4.69) is 6.92 Å².